The van der Waals surface area contributed by atoms with Crippen molar-refractivity contribution in [1.29, 1.82) is 0 Å². The Morgan fingerprint density at radius 1 is 1.24 bits per heavy atom. The Morgan fingerprint density at radius 3 is 2.52 bits per heavy atom. The number of nitrogens with one attached hydrogen (secondary N) is 1. The van der Waals surface area contributed by atoms with Crippen LogP contribution in [-0.2, 0) is 11.8 Å². The van der Waals surface area contributed by atoms with Gasteiger partial charge in [-0.05, 0) is 48.5 Å². The monoisotopic (exact) mass is 409 g/mol. The number of allylic oxidation sites excluding steroid dienone is 1. The minimum atomic E-state index is -0.350. The smallest absolute Gasteiger partial charge is 0.329 e. The Labute approximate surface area is 153 Å². The largest absolute Gasteiger partial charge is 0.489 e. The van der Waals surface area contributed by atoms with Crippen molar-refractivity contribution in [1.82, 2.24) is 14.8 Å². The summed E-state index contributed by atoms with van der Waals surface area (Å²) >= 11 is 3.41. The standard InChI is InChI=1S/C17H20BrN3O4/c1-3-13-16(23)21(17(24)19-13)10-4-6-11(7-5-10)25-14-8-15(22)20(2)9-12(14)18/h3,8-11H,4-7H2,1-2H3,(H,19,24)/b13-3-/t10-,11-. The molecule has 0 spiro atoms. The van der Waals surface area contributed by atoms with Crippen molar-refractivity contribution in [3.63, 3.8) is 0 Å². The molecule has 1 aliphatic carbocycles. The molecule has 1 saturated heterocycles. The minimum Gasteiger partial charge on any atom is -0.489 e. The first-order chi connectivity index (χ1) is 11.9. The van der Waals surface area contributed by atoms with E-state index in [-0.39, 0.29) is 29.6 Å². The molecule has 2 heterocycles. The lowest BCUT2D eigenvalue weighted by Gasteiger charge is -2.32. The van der Waals surface area contributed by atoms with Gasteiger partial charge in [0, 0.05) is 25.4 Å². The molecule has 134 valence electrons. The lowest BCUT2D eigenvalue weighted by atomic mass is 9.92. The zero-order chi connectivity index (χ0) is 18.1. The molecule has 1 aromatic rings. The molecule has 1 aliphatic heterocycles. The number of urea groups is 1. The van der Waals surface area contributed by atoms with Crippen LogP contribution in [0.15, 0.2) is 33.3 Å². The fourth-order valence-corrected chi connectivity index (χ4v) is 3.76. The van der Waals surface area contributed by atoms with Crippen LogP contribution in [0.25, 0.3) is 0 Å². The average molecular weight is 410 g/mol. The molecule has 0 atom stereocenters. The third-order valence-corrected chi connectivity index (χ3v) is 5.24. The molecule has 3 amide bonds. The molecular formula is C17H20BrN3O4. The van der Waals surface area contributed by atoms with Crippen LogP contribution in [0, 0.1) is 0 Å². The lowest BCUT2D eigenvalue weighted by Crippen LogP contribution is -2.43. The maximum atomic E-state index is 12.2. The van der Waals surface area contributed by atoms with Crippen LogP contribution in [0.5, 0.6) is 5.75 Å². The fourth-order valence-electron chi connectivity index (χ4n) is 3.25. The van der Waals surface area contributed by atoms with Crippen LogP contribution in [0.2, 0.25) is 0 Å². The summed E-state index contributed by atoms with van der Waals surface area (Å²) < 4.78 is 8.16. The van der Waals surface area contributed by atoms with E-state index in [2.05, 4.69) is 21.2 Å². The highest BCUT2D eigenvalue weighted by molar-refractivity contribution is 9.10. The highest BCUT2D eigenvalue weighted by atomic mass is 79.9. The summed E-state index contributed by atoms with van der Waals surface area (Å²) in [6.07, 6.45) is 6.05. The Hall–Kier alpha value is -2.09. The number of rotatable bonds is 3. The van der Waals surface area contributed by atoms with Gasteiger partial charge in [-0.2, -0.15) is 0 Å². The van der Waals surface area contributed by atoms with E-state index in [9.17, 15) is 14.4 Å². The van der Waals surface area contributed by atoms with Gasteiger partial charge in [0.05, 0.1) is 10.6 Å². The number of hydrogen-bond acceptors (Lipinski definition) is 4. The number of amides is 3. The van der Waals surface area contributed by atoms with Gasteiger partial charge in [0.2, 0.25) is 0 Å². The lowest BCUT2D eigenvalue weighted by molar-refractivity contribution is -0.125. The molecule has 7 nitrogen and oxygen atoms in total. The van der Waals surface area contributed by atoms with Crippen LogP contribution >= 0.6 is 15.9 Å². The van der Waals surface area contributed by atoms with Crippen LogP contribution in [0.1, 0.15) is 32.6 Å². The Morgan fingerprint density at radius 2 is 1.92 bits per heavy atom. The van der Waals surface area contributed by atoms with Crippen LogP contribution in [0.4, 0.5) is 4.79 Å². The Balaban J connectivity index is 1.63. The normalized spacial score (nSPS) is 25.4. The number of pyridine rings is 1. The first-order valence-corrected chi connectivity index (χ1v) is 9.03. The predicted octanol–water partition coefficient (Wildman–Crippen LogP) is 2.29. The zero-order valence-corrected chi connectivity index (χ0v) is 15.7. The summed E-state index contributed by atoms with van der Waals surface area (Å²) in [6.45, 7) is 1.73. The summed E-state index contributed by atoms with van der Waals surface area (Å²) in [5, 5.41) is 2.59. The van der Waals surface area contributed by atoms with Crippen molar-refractivity contribution in [3.05, 3.63) is 38.9 Å². The molecule has 0 unspecified atom stereocenters. The Bertz CT molecular complexity index is 794. The molecule has 1 N–H and O–H groups in total. The van der Waals surface area contributed by atoms with Gasteiger partial charge >= 0.3 is 6.03 Å². The maximum Gasteiger partial charge on any atom is 0.329 e. The van der Waals surface area contributed by atoms with Gasteiger partial charge in [-0.3, -0.25) is 14.5 Å². The second-order valence-corrected chi connectivity index (χ2v) is 7.15. The number of ether oxygens (including phenoxy) is 1. The van der Waals surface area contributed by atoms with Gasteiger partial charge in [0.25, 0.3) is 11.5 Å². The van der Waals surface area contributed by atoms with Gasteiger partial charge in [-0.25, -0.2) is 4.79 Å². The molecule has 3 rings (SSSR count). The molecule has 8 heteroatoms. The quantitative estimate of drug-likeness (QED) is 0.613. The van der Waals surface area contributed by atoms with Crippen molar-refractivity contribution >= 4 is 27.9 Å². The highest BCUT2D eigenvalue weighted by Gasteiger charge is 2.40. The second kappa shape index (κ2) is 7.03. The molecule has 1 aromatic heterocycles. The molecular weight excluding hydrogens is 390 g/mol. The van der Waals surface area contributed by atoms with Crippen molar-refractivity contribution < 1.29 is 14.3 Å². The van der Waals surface area contributed by atoms with Crippen LogP contribution < -0.4 is 15.6 Å². The van der Waals surface area contributed by atoms with Crippen molar-refractivity contribution in [2.45, 2.75) is 44.8 Å². The number of nitrogens with zero attached hydrogens (tertiary/aromatic N) is 2. The van der Waals surface area contributed by atoms with Gasteiger partial charge in [-0.15, -0.1) is 0 Å². The molecule has 2 fully saturated rings. The number of halogens is 1. The van der Waals surface area contributed by atoms with Crippen LogP contribution in [0.3, 0.4) is 0 Å². The molecule has 0 aromatic carbocycles. The van der Waals surface area contributed by atoms with E-state index < -0.39 is 0 Å². The average Bonchev–Trinajstić information content (AvgIpc) is 2.87. The van der Waals surface area contributed by atoms with E-state index in [0.29, 0.717) is 37.1 Å². The number of aryl methyl sites for hydroxylation is 1. The summed E-state index contributed by atoms with van der Waals surface area (Å²) in [7, 11) is 1.68. The van der Waals surface area contributed by atoms with Crippen molar-refractivity contribution in [2.24, 2.45) is 7.05 Å². The van der Waals surface area contributed by atoms with E-state index in [4.69, 9.17) is 4.74 Å². The highest BCUT2D eigenvalue weighted by Crippen LogP contribution is 2.31. The number of hydrogen-bond donors (Lipinski definition) is 1. The number of carbonyl (C=O) groups is 2. The maximum absolute atomic E-state index is 12.2. The summed E-state index contributed by atoms with van der Waals surface area (Å²) in [4.78, 5) is 37.3. The van der Waals surface area contributed by atoms with E-state index in [1.54, 1.807) is 26.2 Å². The first kappa shape index (κ1) is 17.7. The summed E-state index contributed by atoms with van der Waals surface area (Å²) in [6, 6.07) is 1.00. The van der Waals surface area contributed by atoms with Gasteiger partial charge in [0.15, 0.2) is 0 Å². The summed E-state index contributed by atoms with van der Waals surface area (Å²) in [5.41, 5.74) is 0.206. The van der Waals surface area contributed by atoms with Gasteiger partial charge in [0.1, 0.15) is 11.4 Å². The minimum absolute atomic E-state index is 0.0402. The summed E-state index contributed by atoms with van der Waals surface area (Å²) in [5.74, 6) is 0.268. The first-order valence-electron chi connectivity index (χ1n) is 8.24. The topological polar surface area (TPSA) is 80.6 Å². The number of aromatic nitrogens is 1. The zero-order valence-electron chi connectivity index (χ0n) is 14.1. The van der Waals surface area contributed by atoms with E-state index in [1.165, 1.54) is 15.5 Å². The Kier molecular flexibility index (Phi) is 4.99. The molecule has 1 saturated carbocycles. The SMILES string of the molecule is C/C=C1\NC(=O)N([C@H]2CC[C@H](Oc3cc(=O)n(C)cc3Br)CC2)C1=O. The number of imide groups is 1. The third-order valence-electron chi connectivity index (χ3n) is 4.65. The van der Waals surface area contributed by atoms with Crippen molar-refractivity contribution in [2.75, 3.05) is 0 Å². The molecule has 25 heavy (non-hydrogen) atoms. The number of carbonyl (C=O) groups excluding carboxylic acids is 2. The van der Waals surface area contributed by atoms with Crippen molar-refractivity contribution in [3.8, 4) is 5.75 Å². The predicted molar refractivity (Wildman–Crippen MR) is 95.2 cm³/mol. The van der Waals surface area contributed by atoms with E-state index >= 15 is 0 Å². The molecule has 0 radical (unpaired) electrons. The third kappa shape index (κ3) is 3.49. The van der Waals surface area contributed by atoms with Crippen LogP contribution in [-0.4, -0.2) is 33.6 Å². The van der Waals surface area contributed by atoms with Gasteiger partial charge in [-0.1, -0.05) is 6.08 Å². The molecule has 2 aliphatic rings. The van der Waals surface area contributed by atoms with Gasteiger partial charge < -0.3 is 14.6 Å². The van der Waals surface area contributed by atoms with E-state index in [1.807, 2.05) is 0 Å². The van der Waals surface area contributed by atoms with E-state index in [0.717, 1.165) is 4.47 Å². The fraction of sp³-hybridized carbons (Fsp3) is 0.471. The molecule has 0 bridgehead atoms. The second-order valence-electron chi connectivity index (χ2n) is 6.29.